The number of anilines is 1. The quantitative estimate of drug-likeness (QED) is 0.0805. The van der Waals surface area contributed by atoms with Gasteiger partial charge in [-0.3, -0.25) is 29.3 Å². The van der Waals surface area contributed by atoms with Crippen molar-refractivity contribution in [1.82, 2.24) is 15.1 Å². The third kappa shape index (κ3) is 4.88. The first-order valence-corrected chi connectivity index (χ1v) is 14.7. The number of nitrogens with zero attached hydrogens (tertiary/aromatic N) is 2. The summed E-state index contributed by atoms with van der Waals surface area (Å²) < 4.78 is 19.9. The number of carbonyl (C=O) groups is 3. The summed E-state index contributed by atoms with van der Waals surface area (Å²) >= 11 is 0. The van der Waals surface area contributed by atoms with E-state index in [1.54, 1.807) is 12.1 Å². The van der Waals surface area contributed by atoms with E-state index in [1.807, 2.05) is 5.32 Å². The Balaban J connectivity index is 1.37. The number of morpholine rings is 1. The smallest absolute Gasteiger partial charge is 0.317 e. The Labute approximate surface area is 273 Å². The van der Waals surface area contributed by atoms with Crippen LogP contribution in [0.4, 0.5) is 10.1 Å². The molecule has 2 aromatic carbocycles. The van der Waals surface area contributed by atoms with E-state index in [2.05, 4.69) is 10.1 Å². The maximum absolute atomic E-state index is 15.4. The fourth-order valence-corrected chi connectivity index (χ4v) is 6.38. The highest BCUT2D eigenvalue weighted by atomic mass is 19.1. The van der Waals surface area contributed by atoms with Crippen LogP contribution in [0.25, 0.3) is 0 Å². The summed E-state index contributed by atoms with van der Waals surface area (Å²) in [7, 11) is 6.97. The number of fused-ring (bicyclic) bond motifs is 1. The van der Waals surface area contributed by atoms with Crippen molar-refractivity contribution in [2.75, 3.05) is 5.32 Å². The van der Waals surface area contributed by atoms with Crippen LogP contribution < -0.4 is 10.6 Å². The number of aliphatic hydroxyl groups is 7. The van der Waals surface area contributed by atoms with Crippen LogP contribution in [0.15, 0.2) is 36.4 Å². The van der Waals surface area contributed by atoms with Crippen LogP contribution >= 0.6 is 0 Å². The number of hydrogen-bond acceptors (Lipinski definition) is 13. The number of carbonyl (C=O) groups excluding carboxylic acids is 3. The lowest BCUT2D eigenvalue weighted by atomic mass is 9.43. The summed E-state index contributed by atoms with van der Waals surface area (Å²) in [6.07, 6.45) is 0. The van der Waals surface area contributed by atoms with Gasteiger partial charge in [0.25, 0.3) is 17.8 Å². The molecular formula is C25H33B6FN4O11. The third-order valence-electron chi connectivity index (χ3n) is 10.3. The number of imide groups is 1. The second-order valence-corrected chi connectivity index (χ2v) is 13.5. The molecule has 0 aromatic heterocycles. The van der Waals surface area contributed by atoms with Crippen LogP contribution in [0, 0.1) is 5.82 Å². The van der Waals surface area contributed by atoms with E-state index in [9.17, 15) is 50.1 Å². The van der Waals surface area contributed by atoms with Crippen molar-refractivity contribution < 1.29 is 59.3 Å². The number of nitrogens with one attached hydrogen (secondary N) is 2. The van der Waals surface area contributed by atoms with Gasteiger partial charge < -0.3 is 46.0 Å². The molecule has 2 fully saturated rings. The maximum atomic E-state index is 15.4. The molecule has 47 heavy (non-hydrogen) atoms. The standard InChI is InChI=1S/C25H33B6FN4O11/c26-19(17(38)34-18(39)20(27,40)21(19,28)41)35-9-13-12(16(35)37)2-1-3-15(13)33-7-11-5-4-10(6-14(11)32)8-36-22(29,30)24(43,44)47-25(45,46)23(36,31)42/h1-6,33,40-46H,7-9,26-31H2,(H,34,38,39). The van der Waals surface area contributed by atoms with E-state index >= 15 is 4.39 Å². The summed E-state index contributed by atoms with van der Waals surface area (Å²) in [5, 5.41) is 77.5. The Morgan fingerprint density at radius 1 is 0.894 bits per heavy atom. The summed E-state index contributed by atoms with van der Waals surface area (Å²) in [5.74, 6) is -9.91. The van der Waals surface area contributed by atoms with Gasteiger partial charge in [-0.2, -0.15) is 0 Å². The second-order valence-electron chi connectivity index (χ2n) is 13.5. The summed E-state index contributed by atoms with van der Waals surface area (Å²) in [6.45, 7) is -0.631. The van der Waals surface area contributed by atoms with Crippen LogP contribution in [0.3, 0.4) is 0 Å². The van der Waals surface area contributed by atoms with Gasteiger partial charge in [0.05, 0.1) is 5.50 Å². The van der Waals surface area contributed by atoms with Crippen LogP contribution in [0.5, 0.6) is 0 Å². The molecule has 0 aliphatic carbocycles. The molecule has 0 bridgehead atoms. The zero-order valence-electron chi connectivity index (χ0n) is 26.6. The molecule has 3 aliphatic rings. The van der Waals surface area contributed by atoms with Gasteiger partial charge in [0.15, 0.2) is 21.3 Å². The molecule has 3 heterocycles. The predicted molar refractivity (Wildman–Crippen MR) is 176 cm³/mol. The fraction of sp³-hybridized carbons (Fsp3) is 0.400. The number of hydrogen-bond donors (Lipinski definition) is 9. The Morgan fingerprint density at radius 2 is 1.53 bits per heavy atom. The molecule has 4 atom stereocenters. The van der Waals surface area contributed by atoms with Crippen molar-refractivity contribution in [1.29, 1.82) is 0 Å². The predicted octanol–water partition coefficient (Wildman–Crippen LogP) is -9.67. The van der Waals surface area contributed by atoms with E-state index in [0.717, 1.165) is 39.4 Å². The van der Waals surface area contributed by atoms with Crippen LogP contribution in [0.2, 0.25) is 0 Å². The average Bonchev–Trinajstić information content (AvgIpc) is 3.29. The van der Waals surface area contributed by atoms with Crippen molar-refractivity contribution >= 4 is 70.5 Å². The van der Waals surface area contributed by atoms with Gasteiger partial charge in [-0.1, -0.05) is 18.2 Å². The number of benzene rings is 2. The number of ether oxygens (including phenoxy) is 1. The lowest BCUT2D eigenvalue weighted by Crippen LogP contribution is -2.86. The summed E-state index contributed by atoms with van der Waals surface area (Å²) in [5.41, 5.74) is -7.97. The number of halogens is 1. The van der Waals surface area contributed by atoms with Gasteiger partial charge in [0.1, 0.15) is 48.1 Å². The second kappa shape index (κ2) is 10.7. The molecule has 22 heteroatoms. The lowest BCUT2D eigenvalue weighted by Gasteiger charge is -2.60. The zero-order valence-corrected chi connectivity index (χ0v) is 26.6. The van der Waals surface area contributed by atoms with E-state index in [4.69, 9.17) is 0 Å². The fourth-order valence-electron chi connectivity index (χ4n) is 6.38. The maximum Gasteiger partial charge on any atom is 0.317 e. The van der Waals surface area contributed by atoms with Gasteiger partial charge >= 0.3 is 5.97 Å². The highest BCUT2D eigenvalue weighted by Gasteiger charge is 2.69. The number of amides is 3. The minimum absolute atomic E-state index is 0.0804. The summed E-state index contributed by atoms with van der Waals surface area (Å²) in [6, 6.07) is 8.78. The Kier molecular flexibility index (Phi) is 7.96. The molecule has 3 amide bonds. The SMILES string of the molecule is BC1(O)C(=O)NC(=O)C(B)(N2Cc3c(NCc4ccc(CN5C(B)(B)C(O)(O)OC(O)(O)C5(B)O)cc4F)cccc3C2=O)C1(B)O. The van der Waals surface area contributed by atoms with Crippen LogP contribution in [-0.2, 0) is 34.0 Å². The zero-order chi connectivity index (χ0) is 35.3. The molecule has 9 N–H and O–H groups in total. The van der Waals surface area contributed by atoms with Crippen molar-refractivity contribution in [3.05, 3.63) is 64.5 Å². The van der Waals surface area contributed by atoms with Gasteiger partial charge in [0.2, 0.25) is 5.91 Å². The van der Waals surface area contributed by atoms with Gasteiger partial charge in [0, 0.05) is 47.3 Å². The molecule has 0 radical (unpaired) electrons. The number of piperidine rings is 1. The molecule has 0 saturated carbocycles. The van der Waals surface area contributed by atoms with Crippen molar-refractivity contribution in [3.63, 3.8) is 0 Å². The Morgan fingerprint density at radius 3 is 2.15 bits per heavy atom. The van der Waals surface area contributed by atoms with E-state index in [1.165, 1.54) is 41.7 Å². The highest BCUT2D eigenvalue weighted by molar-refractivity contribution is 6.47. The van der Waals surface area contributed by atoms with Crippen molar-refractivity contribution in [2.45, 2.75) is 59.0 Å². The topological polar surface area (TPSA) is 233 Å². The van der Waals surface area contributed by atoms with Crippen molar-refractivity contribution in [3.8, 4) is 0 Å². The molecular weight excluding hydrogens is 616 g/mol. The Hall–Kier alpha value is -3.19. The average molecular weight is 649 g/mol. The van der Waals surface area contributed by atoms with Crippen LogP contribution in [0.1, 0.15) is 27.0 Å². The minimum atomic E-state index is -3.40. The third-order valence-corrected chi connectivity index (χ3v) is 10.3. The van der Waals surface area contributed by atoms with Gasteiger partial charge in [-0.05, 0) is 23.8 Å². The van der Waals surface area contributed by atoms with Crippen molar-refractivity contribution in [2.24, 2.45) is 0 Å². The monoisotopic (exact) mass is 650 g/mol. The molecule has 3 aliphatic heterocycles. The van der Waals surface area contributed by atoms with E-state index < -0.39 is 62.9 Å². The first-order valence-electron chi connectivity index (χ1n) is 14.7. The molecule has 2 saturated heterocycles. The Bertz CT molecular complexity index is 1670. The van der Waals surface area contributed by atoms with E-state index in [-0.39, 0.29) is 36.3 Å². The molecule has 15 nitrogen and oxygen atoms in total. The minimum Gasteiger partial charge on any atom is -0.394 e. The first-order chi connectivity index (χ1) is 21.3. The summed E-state index contributed by atoms with van der Waals surface area (Å²) in [4.78, 5) is 41.0. The van der Waals surface area contributed by atoms with Gasteiger partial charge in [-0.15, -0.1) is 0 Å². The molecule has 0 spiro atoms. The highest BCUT2D eigenvalue weighted by Crippen LogP contribution is 2.43. The number of rotatable bonds is 6. The van der Waals surface area contributed by atoms with Gasteiger partial charge in [-0.25, -0.2) is 4.39 Å². The largest absolute Gasteiger partial charge is 0.394 e. The molecule has 5 rings (SSSR count). The molecule has 244 valence electrons. The first kappa shape index (κ1) is 35.1. The van der Waals surface area contributed by atoms with Crippen LogP contribution in [-0.4, -0.2) is 150 Å². The van der Waals surface area contributed by atoms with E-state index in [0.29, 0.717) is 11.3 Å². The molecule has 4 unspecified atom stereocenters. The molecule has 2 aromatic rings. The normalized spacial score (nSPS) is 32.9. The lowest BCUT2D eigenvalue weighted by molar-refractivity contribution is -0.549.